The maximum absolute atomic E-state index is 10.6. The van der Waals surface area contributed by atoms with E-state index in [0.717, 1.165) is 23.6 Å². The smallest absolute Gasteiger partial charge is 0.185 e. The molecule has 0 unspecified atom stereocenters. The van der Waals surface area contributed by atoms with Gasteiger partial charge in [-0.05, 0) is 19.4 Å². The van der Waals surface area contributed by atoms with Crippen molar-refractivity contribution in [1.29, 1.82) is 0 Å². The van der Waals surface area contributed by atoms with Gasteiger partial charge in [0.1, 0.15) is 0 Å². The van der Waals surface area contributed by atoms with Gasteiger partial charge in [-0.2, -0.15) is 0 Å². The molecule has 4 heteroatoms. The van der Waals surface area contributed by atoms with Crippen molar-refractivity contribution >= 4 is 23.0 Å². The molecule has 0 aliphatic heterocycles. The minimum Gasteiger partial charge on any atom is -0.288 e. The van der Waals surface area contributed by atoms with Crippen LogP contribution >= 0.6 is 11.8 Å². The van der Waals surface area contributed by atoms with E-state index in [2.05, 4.69) is 9.97 Å². The third-order valence-corrected chi connectivity index (χ3v) is 2.50. The van der Waals surface area contributed by atoms with Crippen LogP contribution < -0.4 is 0 Å². The Hall–Kier alpha value is -1.16. The Bertz CT molecular complexity index is 363. The van der Waals surface area contributed by atoms with Gasteiger partial charge in [0.25, 0.3) is 0 Å². The molecule has 80 valence electrons. The molecule has 1 aromatic rings. The summed E-state index contributed by atoms with van der Waals surface area (Å²) in [5.41, 5.74) is 1.78. The molecule has 0 aliphatic rings. The van der Waals surface area contributed by atoms with Crippen LogP contribution in [-0.2, 0) is 4.79 Å². The zero-order valence-electron chi connectivity index (χ0n) is 8.93. The highest BCUT2D eigenvalue weighted by Gasteiger charge is 1.92. The average molecular weight is 222 g/mol. The summed E-state index contributed by atoms with van der Waals surface area (Å²) in [5, 5.41) is 0.166. The first-order valence-electron chi connectivity index (χ1n) is 4.77. The number of allylic oxidation sites excluding steroid dienone is 1. The predicted octanol–water partition coefficient (Wildman–Crippen LogP) is 2.47. The summed E-state index contributed by atoms with van der Waals surface area (Å²) in [6, 6.07) is 0. The Morgan fingerprint density at radius 2 is 2.33 bits per heavy atom. The van der Waals surface area contributed by atoms with Gasteiger partial charge in [0.15, 0.2) is 5.12 Å². The fourth-order valence-electron chi connectivity index (χ4n) is 1.04. The van der Waals surface area contributed by atoms with Crippen molar-refractivity contribution < 1.29 is 4.79 Å². The number of nitrogens with zero attached hydrogens (tertiary/aromatic N) is 2. The molecule has 0 aliphatic carbocycles. The molecule has 1 aromatic heterocycles. The first kappa shape index (κ1) is 11.9. The highest BCUT2D eigenvalue weighted by atomic mass is 32.2. The summed E-state index contributed by atoms with van der Waals surface area (Å²) in [4.78, 5) is 19.0. The Kier molecular flexibility index (Phi) is 5.04. The van der Waals surface area contributed by atoms with Gasteiger partial charge in [-0.3, -0.25) is 14.8 Å². The number of carbonyl (C=O) groups is 1. The topological polar surface area (TPSA) is 42.9 Å². The number of hydrogen-bond donors (Lipinski definition) is 0. The first-order valence-corrected chi connectivity index (χ1v) is 5.75. The number of hydrogen-bond acceptors (Lipinski definition) is 4. The van der Waals surface area contributed by atoms with E-state index in [-0.39, 0.29) is 5.12 Å². The number of rotatable bonds is 4. The second-order valence-electron chi connectivity index (χ2n) is 3.12. The second-order valence-corrected chi connectivity index (χ2v) is 4.39. The molecule has 0 aromatic carbocycles. The molecule has 0 amide bonds. The molecule has 0 fully saturated rings. The van der Waals surface area contributed by atoms with E-state index < -0.39 is 0 Å². The maximum Gasteiger partial charge on any atom is 0.185 e. The van der Waals surface area contributed by atoms with Gasteiger partial charge in [-0.15, -0.1) is 0 Å². The van der Waals surface area contributed by atoms with E-state index in [1.54, 1.807) is 19.3 Å². The van der Waals surface area contributed by atoms with E-state index in [0.29, 0.717) is 0 Å². The summed E-state index contributed by atoms with van der Waals surface area (Å²) in [6.07, 6.45) is 8.27. The zero-order valence-corrected chi connectivity index (χ0v) is 9.75. The average Bonchev–Trinajstić information content (AvgIpc) is 2.17. The molecule has 1 rings (SSSR count). The SMILES string of the molecule is CC(=O)SCCC=Cc1cncc(C)n1. The summed E-state index contributed by atoms with van der Waals surface area (Å²) < 4.78 is 0. The van der Waals surface area contributed by atoms with Gasteiger partial charge in [0.2, 0.25) is 0 Å². The van der Waals surface area contributed by atoms with Crippen molar-refractivity contribution in [2.24, 2.45) is 0 Å². The normalized spacial score (nSPS) is 10.8. The first-order chi connectivity index (χ1) is 7.18. The van der Waals surface area contributed by atoms with Gasteiger partial charge >= 0.3 is 0 Å². The molecule has 1 heterocycles. The molecule has 15 heavy (non-hydrogen) atoms. The fourth-order valence-corrected chi connectivity index (χ4v) is 1.58. The van der Waals surface area contributed by atoms with Gasteiger partial charge in [0, 0.05) is 18.9 Å². The lowest BCUT2D eigenvalue weighted by Gasteiger charge is -1.94. The van der Waals surface area contributed by atoms with E-state index >= 15 is 0 Å². The van der Waals surface area contributed by atoms with Crippen LogP contribution in [0.3, 0.4) is 0 Å². The molecular formula is C11H14N2OS. The monoisotopic (exact) mass is 222 g/mol. The molecule has 0 radical (unpaired) electrons. The fraction of sp³-hybridized carbons (Fsp3) is 0.364. The standard InChI is InChI=1S/C11H14N2OS/c1-9-7-12-8-11(13-9)5-3-4-6-15-10(2)14/h3,5,7-8H,4,6H2,1-2H3. The van der Waals surface area contributed by atoms with Crippen LogP contribution in [0.2, 0.25) is 0 Å². The van der Waals surface area contributed by atoms with Crippen molar-refractivity contribution in [3.63, 3.8) is 0 Å². The summed E-state index contributed by atoms with van der Waals surface area (Å²) >= 11 is 1.34. The minimum absolute atomic E-state index is 0.166. The van der Waals surface area contributed by atoms with Crippen molar-refractivity contribution in [3.8, 4) is 0 Å². The van der Waals surface area contributed by atoms with Crippen LogP contribution in [0.15, 0.2) is 18.5 Å². The molecule has 0 spiro atoms. The van der Waals surface area contributed by atoms with Crippen LogP contribution in [0.1, 0.15) is 24.7 Å². The summed E-state index contributed by atoms with van der Waals surface area (Å²) in [7, 11) is 0. The number of aromatic nitrogens is 2. The quantitative estimate of drug-likeness (QED) is 0.734. The molecular weight excluding hydrogens is 208 g/mol. The number of aryl methyl sites for hydroxylation is 1. The van der Waals surface area contributed by atoms with Gasteiger partial charge in [-0.25, -0.2) is 0 Å². The predicted molar refractivity (Wildman–Crippen MR) is 63.6 cm³/mol. The van der Waals surface area contributed by atoms with Crippen molar-refractivity contribution in [2.45, 2.75) is 20.3 Å². The minimum atomic E-state index is 0.166. The van der Waals surface area contributed by atoms with E-state index in [4.69, 9.17) is 0 Å². The number of thioether (sulfide) groups is 1. The maximum atomic E-state index is 10.6. The van der Waals surface area contributed by atoms with E-state index in [1.807, 2.05) is 19.1 Å². The van der Waals surface area contributed by atoms with Crippen LogP contribution in [0, 0.1) is 6.92 Å². The lowest BCUT2D eigenvalue weighted by Crippen LogP contribution is -1.87. The van der Waals surface area contributed by atoms with Crippen molar-refractivity contribution in [1.82, 2.24) is 9.97 Å². The highest BCUT2D eigenvalue weighted by molar-refractivity contribution is 8.13. The molecule has 3 nitrogen and oxygen atoms in total. The molecule has 0 saturated heterocycles. The van der Waals surface area contributed by atoms with Crippen LogP contribution in [0.5, 0.6) is 0 Å². The molecule has 0 saturated carbocycles. The third-order valence-electron chi connectivity index (χ3n) is 1.65. The van der Waals surface area contributed by atoms with Gasteiger partial charge in [0.05, 0.1) is 17.6 Å². The Morgan fingerprint density at radius 3 is 3.00 bits per heavy atom. The summed E-state index contributed by atoms with van der Waals surface area (Å²) in [6.45, 7) is 3.50. The Balaban J connectivity index is 2.35. The Morgan fingerprint density at radius 1 is 1.53 bits per heavy atom. The molecule has 0 N–H and O–H groups in total. The van der Waals surface area contributed by atoms with E-state index in [9.17, 15) is 4.79 Å². The van der Waals surface area contributed by atoms with Crippen LogP contribution in [0.4, 0.5) is 0 Å². The van der Waals surface area contributed by atoms with Gasteiger partial charge < -0.3 is 0 Å². The van der Waals surface area contributed by atoms with Crippen LogP contribution in [-0.4, -0.2) is 20.8 Å². The second kappa shape index (κ2) is 6.35. The summed E-state index contributed by atoms with van der Waals surface area (Å²) in [5.74, 6) is 0.824. The third kappa shape index (κ3) is 5.32. The zero-order chi connectivity index (χ0) is 11.1. The van der Waals surface area contributed by atoms with Crippen molar-refractivity contribution in [3.05, 3.63) is 29.9 Å². The van der Waals surface area contributed by atoms with E-state index in [1.165, 1.54) is 11.8 Å². The van der Waals surface area contributed by atoms with Crippen LogP contribution in [0.25, 0.3) is 6.08 Å². The number of carbonyl (C=O) groups excluding carboxylic acids is 1. The highest BCUT2D eigenvalue weighted by Crippen LogP contribution is 2.05. The largest absolute Gasteiger partial charge is 0.288 e. The lowest BCUT2D eigenvalue weighted by molar-refractivity contribution is -0.109. The molecule has 0 atom stereocenters. The lowest BCUT2D eigenvalue weighted by atomic mass is 10.3. The Labute approximate surface area is 94.0 Å². The molecule has 0 bridgehead atoms. The van der Waals surface area contributed by atoms with Crippen molar-refractivity contribution in [2.75, 3.05) is 5.75 Å². The van der Waals surface area contributed by atoms with Gasteiger partial charge in [-0.1, -0.05) is 17.8 Å².